The van der Waals surface area contributed by atoms with Gasteiger partial charge in [0.2, 0.25) is 0 Å². The molecule has 0 fully saturated rings. The molecule has 160 valence electrons. The fourth-order valence-corrected chi connectivity index (χ4v) is 3.29. The van der Waals surface area contributed by atoms with Crippen molar-refractivity contribution in [2.75, 3.05) is 12.8 Å². The number of hydrogen-bond acceptors (Lipinski definition) is 3. The number of aliphatic imine (C=N–C) groups is 1. The van der Waals surface area contributed by atoms with Gasteiger partial charge in [0.1, 0.15) is 12.1 Å². The van der Waals surface area contributed by atoms with Crippen LogP contribution in [-0.2, 0) is 0 Å². The number of nitrogen functional groups attached to an aromatic ring is 1. The van der Waals surface area contributed by atoms with E-state index in [1.807, 2.05) is 38.1 Å². The summed E-state index contributed by atoms with van der Waals surface area (Å²) >= 11 is 3.31. The largest absolute Gasteiger partial charge is 0.398 e. The molecule has 0 heterocycles. The van der Waals surface area contributed by atoms with E-state index in [9.17, 15) is 4.79 Å². The third-order valence-corrected chi connectivity index (χ3v) is 4.84. The molecule has 0 bridgehead atoms. The molecule has 5 heteroatoms. The number of carbonyl (C=O) groups is 1. The molecule has 0 unspecified atom stereocenters. The van der Waals surface area contributed by atoms with Crippen LogP contribution in [0.5, 0.6) is 0 Å². The normalized spacial score (nSPS) is 10.5. The molecule has 0 aromatic heterocycles. The minimum atomic E-state index is 0.458. The summed E-state index contributed by atoms with van der Waals surface area (Å²) in [7, 11) is 1.64. The molecule has 4 N–H and O–H groups in total. The van der Waals surface area contributed by atoms with E-state index >= 15 is 0 Å². The molecule has 0 amide bonds. The van der Waals surface area contributed by atoms with Crippen LogP contribution in [0.2, 0.25) is 0 Å². The molecular weight excluding hydrogens is 426 g/mol. The van der Waals surface area contributed by atoms with Gasteiger partial charge in [-0.25, -0.2) is 0 Å². The van der Waals surface area contributed by atoms with E-state index in [2.05, 4.69) is 46.9 Å². The molecule has 29 heavy (non-hydrogen) atoms. The van der Waals surface area contributed by atoms with E-state index in [4.69, 9.17) is 11.5 Å². The Kier molecular flexibility index (Phi) is 14.6. The van der Waals surface area contributed by atoms with Crippen molar-refractivity contribution in [2.45, 2.75) is 59.3 Å². The number of halogens is 1. The first-order valence-corrected chi connectivity index (χ1v) is 11.1. The van der Waals surface area contributed by atoms with E-state index in [0.29, 0.717) is 17.4 Å². The van der Waals surface area contributed by atoms with Gasteiger partial charge in [-0.2, -0.15) is 0 Å². The lowest BCUT2D eigenvalue weighted by atomic mass is 9.90. The van der Waals surface area contributed by atoms with Gasteiger partial charge in [0.25, 0.3) is 0 Å². The number of nitrogens with two attached hydrogens (primary N) is 2. The summed E-state index contributed by atoms with van der Waals surface area (Å²) < 4.78 is 0.938. The van der Waals surface area contributed by atoms with Crippen molar-refractivity contribution >= 4 is 33.7 Å². The van der Waals surface area contributed by atoms with Crippen LogP contribution in [0.1, 0.15) is 80.8 Å². The molecule has 2 rings (SSSR count). The first-order valence-electron chi connectivity index (χ1n) is 10.3. The summed E-state index contributed by atoms with van der Waals surface area (Å²) in [6.45, 7) is 8.45. The maximum Gasteiger partial charge on any atom is 0.150 e. The zero-order chi connectivity index (χ0) is 22.2. The lowest BCUT2D eigenvalue weighted by Gasteiger charge is -2.15. The van der Waals surface area contributed by atoms with Gasteiger partial charge >= 0.3 is 0 Å². The number of benzene rings is 2. The van der Waals surface area contributed by atoms with E-state index < -0.39 is 0 Å². The molecule has 0 saturated carbocycles. The second-order valence-electron chi connectivity index (χ2n) is 6.40. The third kappa shape index (κ3) is 9.75. The minimum absolute atomic E-state index is 0.458. The van der Waals surface area contributed by atoms with Crippen molar-refractivity contribution in [1.82, 2.24) is 0 Å². The second kappa shape index (κ2) is 15.7. The van der Waals surface area contributed by atoms with Crippen molar-refractivity contribution in [2.24, 2.45) is 10.7 Å². The molecule has 0 saturated heterocycles. The average molecular weight is 462 g/mol. The Morgan fingerprint density at radius 2 is 1.62 bits per heavy atom. The van der Waals surface area contributed by atoms with Crippen LogP contribution in [0.4, 0.5) is 5.69 Å². The van der Waals surface area contributed by atoms with E-state index in [0.717, 1.165) is 21.9 Å². The number of hydrogen-bond donors (Lipinski definition) is 2. The number of amidine groups is 1. The maximum absolute atomic E-state index is 10.5. The van der Waals surface area contributed by atoms with E-state index in [1.165, 1.54) is 31.2 Å². The van der Waals surface area contributed by atoms with Crippen molar-refractivity contribution in [3.8, 4) is 0 Å². The smallest absolute Gasteiger partial charge is 0.150 e. The maximum atomic E-state index is 10.5. The number of aldehydes is 1. The van der Waals surface area contributed by atoms with Crippen molar-refractivity contribution in [1.29, 1.82) is 0 Å². The highest BCUT2D eigenvalue weighted by atomic mass is 79.9. The van der Waals surface area contributed by atoms with Crippen LogP contribution in [0.3, 0.4) is 0 Å². The zero-order valence-corrected chi connectivity index (χ0v) is 20.0. The zero-order valence-electron chi connectivity index (χ0n) is 18.4. The summed E-state index contributed by atoms with van der Waals surface area (Å²) in [6.07, 6.45) is 5.83. The van der Waals surface area contributed by atoms with Gasteiger partial charge < -0.3 is 11.5 Å². The summed E-state index contributed by atoms with van der Waals surface area (Å²) in [5, 5.41) is 0. The molecule has 0 radical (unpaired) electrons. The summed E-state index contributed by atoms with van der Waals surface area (Å²) in [5.74, 6) is 1.13. The average Bonchev–Trinajstić information content (AvgIpc) is 2.75. The highest BCUT2D eigenvalue weighted by Crippen LogP contribution is 2.26. The topological polar surface area (TPSA) is 81.5 Å². The van der Waals surface area contributed by atoms with Crippen LogP contribution >= 0.6 is 15.9 Å². The molecule has 2 aromatic rings. The highest BCUT2D eigenvalue weighted by molar-refractivity contribution is 9.10. The SMILES string of the molecule is CC.CCCC(CCC)c1ccc(C=O)cc1.CN=C(N)c1ccc(Br)cc1N. The molecule has 0 aliphatic heterocycles. The number of rotatable bonds is 7. The van der Waals surface area contributed by atoms with Crippen molar-refractivity contribution in [3.63, 3.8) is 0 Å². The van der Waals surface area contributed by atoms with Crippen LogP contribution in [-0.4, -0.2) is 19.2 Å². The van der Waals surface area contributed by atoms with Gasteiger partial charge in [0, 0.05) is 28.3 Å². The van der Waals surface area contributed by atoms with Gasteiger partial charge in [-0.05, 0) is 42.5 Å². The Hall–Kier alpha value is -2.14. The van der Waals surface area contributed by atoms with E-state index in [-0.39, 0.29) is 0 Å². The van der Waals surface area contributed by atoms with Gasteiger partial charge in [-0.1, -0.05) is 80.7 Å². The Labute approximate surface area is 184 Å². The number of nitrogens with zero attached hydrogens (tertiary/aromatic N) is 1. The second-order valence-corrected chi connectivity index (χ2v) is 7.31. The van der Waals surface area contributed by atoms with Gasteiger partial charge in [0.15, 0.2) is 0 Å². The Morgan fingerprint density at radius 1 is 1.07 bits per heavy atom. The molecule has 2 aromatic carbocycles. The molecule has 4 nitrogen and oxygen atoms in total. The third-order valence-electron chi connectivity index (χ3n) is 4.35. The van der Waals surface area contributed by atoms with Gasteiger partial charge in [-0.15, -0.1) is 0 Å². The van der Waals surface area contributed by atoms with Crippen molar-refractivity contribution < 1.29 is 4.79 Å². The van der Waals surface area contributed by atoms with Gasteiger partial charge in [0.05, 0.1) is 0 Å². The molecule has 0 aliphatic rings. The minimum Gasteiger partial charge on any atom is -0.398 e. The van der Waals surface area contributed by atoms with Crippen LogP contribution in [0.25, 0.3) is 0 Å². The lowest BCUT2D eigenvalue weighted by Crippen LogP contribution is -2.14. The Balaban J connectivity index is 0.000000508. The predicted molar refractivity (Wildman–Crippen MR) is 131 cm³/mol. The van der Waals surface area contributed by atoms with Crippen LogP contribution in [0.15, 0.2) is 51.9 Å². The fourth-order valence-electron chi connectivity index (χ4n) is 2.91. The summed E-state index contributed by atoms with van der Waals surface area (Å²) in [4.78, 5) is 14.4. The molecule has 0 aliphatic carbocycles. The standard InChI is InChI=1S/C14H20O.C8H10BrN3.C2H6/c1-3-5-13(6-4-2)14-9-7-12(11-15)8-10-14;1-12-8(11)6-3-2-5(9)4-7(6)10;1-2/h7-11,13H,3-6H2,1-2H3;2-4H,10H2,1H3,(H2,11,12);1-2H3. The van der Waals surface area contributed by atoms with Crippen LogP contribution < -0.4 is 11.5 Å². The molecule has 0 atom stereocenters. The fraction of sp³-hybridized carbons (Fsp3) is 0.417. The molecule has 0 spiro atoms. The van der Waals surface area contributed by atoms with Crippen molar-refractivity contribution in [3.05, 3.63) is 63.6 Å². The lowest BCUT2D eigenvalue weighted by molar-refractivity contribution is 0.112. The predicted octanol–water partition coefficient (Wildman–Crippen LogP) is 6.58. The Morgan fingerprint density at radius 3 is 2.03 bits per heavy atom. The van der Waals surface area contributed by atoms with E-state index in [1.54, 1.807) is 13.1 Å². The number of anilines is 1. The monoisotopic (exact) mass is 461 g/mol. The van der Waals surface area contributed by atoms with Gasteiger partial charge in [-0.3, -0.25) is 9.79 Å². The first kappa shape index (κ1) is 26.9. The Bertz CT molecular complexity index is 736. The quantitative estimate of drug-likeness (QED) is 0.211. The number of carbonyl (C=O) groups excluding carboxylic acids is 1. The van der Waals surface area contributed by atoms with Crippen LogP contribution in [0, 0.1) is 0 Å². The molecular formula is C24H36BrN3O. The summed E-state index contributed by atoms with van der Waals surface area (Å²) in [6, 6.07) is 13.5. The highest BCUT2D eigenvalue weighted by Gasteiger charge is 2.09. The first-order chi connectivity index (χ1) is 14.0. The summed E-state index contributed by atoms with van der Waals surface area (Å²) in [5.41, 5.74) is 14.9.